The van der Waals surface area contributed by atoms with Gasteiger partial charge >= 0.3 is 5.97 Å². The average molecular weight is 268 g/mol. The van der Waals surface area contributed by atoms with Crippen molar-refractivity contribution in [2.75, 3.05) is 24.6 Å². The average Bonchev–Trinajstić information content (AvgIpc) is 2.17. The summed E-state index contributed by atoms with van der Waals surface area (Å²) in [6, 6.07) is -0.444. The first-order valence-electron chi connectivity index (χ1n) is 5.03. The first-order valence-corrected chi connectivity index (χ1v) is 7.63. The molecule has 1 rings (SSSR count). The molecule has 0 aliphatic carbocycles. The van der Waals surface area contributed by atoms with Crippen molar-refractivity contribution in [2.45, 2.75) is 19.4 Å². The second kappa shape index (κ2) is 5.85. The molecule has 94 valence electrons. The summed E-state index contributed by atoms with van der Waals surface area (Å²) in [5.74, 6) is 0.279. The van der Waals surface area contributed by atoms with Crippen molar-refractivity contribution in [2.24, 2.45) is 0 Å². The highest BCUT2D eigenvalue weighted by molar-refractivity contribution is 7.99. The Kier molecular flexibility index (Phi) is 5.03. The highest BCUT2D eigenvalue weighted by Crippen LogP contribution is 2.21. The standard InChI is InChI=1S/C8H16N2O4S2/c1-2-9-16(13,14)10-3-4-15-6-7(10)5-8(11)12/h7,9H,2-6H2,1H3,(H,11,12). The molecule has 1 fully saturated rings. The summed E-state index contributed by atoms with van der Waals surface area (Å²) in [7, 11) is -3.52. The molecule has 1 heterocycles. The topological polar surface area (TPSA) is 86.7 Å². The number of hydrogen-bond acceptors (Lipinski definition) is 4. The molecule has 0 aromatic rings. The number of hydrogen-bond donors (Lipinski definition) is 2. The van der Waals surface area contributed by atoms with Crippen LogP contribution in [-0.2, 0) is 15.0 Å². The van der Waals surface area contributed by atoms with Crippen molar-refractivity contribution >= 4 is 27.9 Å². The van der Waals surface area contributed by atoms with Crippen molar-refractivity contribution in [3.63, 3.8) is 0 Å². The quantitative estimate of drug-likeness (QED) is 0.717. The van der Waals surface area contributed by atoms with E-state index in [-0.39, 0.29) is 6.42 Å². The van der Waals surface area contributed by atoms with Gasteiger partial charge in [-0.3, -0.25) is 4.79 Å². The van der Waals surface area contributed by atoms with Gasteiger partial charge in [-0.15, -0.1) is 0 Å². The third-order valence-electron chi connectivity index (χ3n) is 2.22. The highest BCUT2D eigenvalue weighted by atomic mass is 32.2. The summed E-state index contributed by atoms with van der Waals surface area (Å²) in [4.78, 5) is 10.6. The number of carboxylic acids is 1. The van der Waals surface area contributed by atoms with Crippen LogP contribution in [0.3, 0.4) is 0 Å². The van der Waals surface area contributed by atoms with Crippen molar-refractivity contribution in [1.29, 1.82) is 0 Å². The van der Waals surface area contributed by atoms with Gasteiger partial charge in [-0.25, -0.2) is 4.72 Å². The molecule has 0 bridgehead atoms. The minimum absolute atomic E-state index is 0.141. The summed E-state index contributed by atoms with van der Waals surface area (Å²) in [5, 5.41) is 8.73. The minimum Gasteiger partial charge on any atom is -0.481 e. The molecule has 1 aliphatic heterocycles. The summed E-state index contributed by atoms with van der Waals surface area (Å²) < 4.78 is 27.2. The van der Waals surface area contributed by atoms with Crippen LogP contribution in [0.25, 0.3) is 0 Å². The van der Waals surface area contributed by atoms with E-state index in [4.69, 9.17) is 5.11 Å². The van der Waals surface area contributed by atoms with Gasteiger partial charge in [0.15, 0.2) is 0 Å². The van der Waals surface area contributed by atoms with Crippen LogP contribution in [0, 0.1) is 0 Å². The van der Waals surface area contributed by atoms with E-state index in [0.717, 1.165) is 0 Å². The fraction of sp³-hybridized carbons (Fsp3) is 0.875. The lowest BCUT2D eigenvalue weighted by Crippen LogP contribution is -2.51. The Balaban J connectivity index is 2.77. The zero-order valence-electron chi connectivity index (χ0n) is 9.05. The predicted octanol–water partition coefficient (Wildman–Crippen LogP) is -0.267. The molecule has 0 spiro atoms. The Morgan fingerprint density at radius 1 is 1.62 bits per heavy atom. The number of aliphatic carboxylic acids is 1. The molecule has 1 saturated heterocycles. The van der Waals surface area contributed by atoms with Crippen molar-refractivity contribution in [3.05, 3.63) is 0 Å². The van der Waals surface area contributed by atoms with E-state index in [0.29, 0.717) is 24.6 Å². The molecule has 1 aliphatic rings. The Morgan fingerprint density at radius 3 is 2.88 bits per heavy atom. The van der Waals surface area contributed by atoms with Crippen molar-refractivity contribution in [3.8, 4) is 0 Å². The van der Waals surface area contributed by atoms with E-state index in [1.54, 1.807) is 18.7 Å². The molecule has 0 saturated carbocycles. The van der Waals surface area contributed by atoms with Gasteiger partial charge in [0.05, 0.1) is 6.42 Å². The maximum Gasteiger partial charge on any atom is 0.305 e. The number of carbonyl (C=O) groups is 1. The minimum atomic E-state index is -3.52. The molecular weight excluding hydrogens is 252 g/mol. The Morgan fingerprint density at radius 2 is 2.31 bits per heavy atom. The fourth-order valence-electron chi connectivity index (χ4n) is 1.58. The molecule has 16 heavy (non-hydrogen) atoms. The van der Waals surface area contributed by atoms with E-state index in [1.165, 1.54) is 4.31 Å². The lowest BCUT2D eigenvalue weighted by molar-refractivity contribution is -0.137. The van der Waals surface area contributed by atoms with Gasteiger partial charge in [0.25, 0.3) is 10.2 Å². The van der Waals surface area contributed by atoms with Crippen LogP contribution in [0.15, 0.2) is 0 Å². The van der Waals surface area contributed by atoms with Gasteiger partial charge in [0.1, 0.15) is 0 Å². The normalized spacial score (nSPS) is 23.2. The summed E-state index contributed by atoms with van der Waals surface area (Å²) in [6.45, 7) is 2.38. The molecule has 1 atom stereocenters. The van der Waals surface area contributed by atoms with E-state index in [1.807, 2.05) is 0 Å². The molecule has 2 N–H and O–H groups in total. The molecular formula is C8H16N2O4S2. The highest BCUT2D eigenvalue weighted by Gasteiger charge is 2.33. The van der Waals surface area contributed by atoms with Gasteiger partial charge in [-0.1, -0.05) is 6.92 Å². The Bertz CT molecular complexity index is 344. The third kappa shape index (κ3) is 3.62. The van der Waals surface area contributed by atoms with E-state index in [2.05, 4.69) is 4.72 Å². The molecule has 0 aromatic heterocycles. The van der Waals surface area contributed by atoms with Crippen LogP contribution in [0.2, 0.25) is 0 Å². The Labute approximate surface area is 99.6 Å². The first-order chi connectivity index (χ1) is 7.47. The van der Waals surface area contributed by atoms with Gasteiger partial charge in [-0.05, 0) is 0 Å². The number of rotatable bonds is 5. The molecule has 1 unspecified atom stereocenters. The predicted molar refractivity (Wildman–Crippen MR) is 62.7 cm³/mol. The van der Waals surface area contributed by atoms with Crippen LogP contribution < -0.4 is 4.72 Å². The molecule has 8 heteroatoms. The largest absolute Gasteiger partial charge is 0.481 e. The maximum absolute atomic E-state index is 11.8. The number of nitrogens with zero attached hydrogens (tertiary/aromatic N) is 1. The first kappa shape index (κ1) is 13.8. The lowest BCUT2D eigenvalue weighted by atomic mass is 10.2. The summed E-state index contributed by atoms with van der Waals surface area (Å²) in [5.41, 5.74) is 0. The van der Waals surface area contributed by atoms with E-state index in [9.17, 15) is 13.2 Å². The third-order valence-corrected chi connectivity index (χ3v) is 5.06. The van der Waals surface area contributed by atoms with Crippen molar-refractivity contribution < 1.29 is 18.3 Å². The Hall–Kier alpha value is -0.310. The smallest absolute Gasteiger partial charge is 0.305 e. The molecule has 0 amide bonds. The van der Waals surface area contributed by atoms with Gasteiger partial charge < -0.3 is 5.11 Å². The van der Waals surface area contributed by atoms with Crippen LogP contribution in [0.5, 0.6) is 0 Å². The van der Waals surface area contributed by atoms with Crippen LogP contribution in [0.4, 0.5) is 0 Å². The van der Waals surface area contributed by atoms with Crippen LogP contribution >= 0.6 is 11.8 Å². The maximum atomic E-state index is 11.8. The van der Waals surface area contributed by atoms with E-state index < -0.39 is 22.2 Å². The van der Waals surface area contributed by atoms with Gasteiger partial charge in [0, 0.05) is 30.6 Å². The fourth-order valence-corrected chi connectivity index (χ4v) is 4.26. The second-order valence-corrected chi connectivity index (χ2v) is 6.30. The number of carboxylic acid groups (broad SMARTS) is 1. The van der Waals surface area contributed by atoms with Gasteiger partial charge in [-0.2, -0.15) is 24.5 Å². The summed E-state index contributed by atoms with van der Waals surface area (Å²) >= 11 is 1.59. The molecule has 6 nitrogen and oxygen atoms in total. The monoisotopic (exact) mass is 268 g/mol. The SMILES string of the molecule is CCNS(=O)(=O)N1CCSCC1CC(=O)O. The molecule has 0 aromatic carbocycles. The zero-order chi connectivity index (χ0) is 12.2. The van der Waals surface area contributed by atoms with Crippen LogP contribution in [0.1, 0.15) is 13.3 Å². The zero-order valence-corrected chi connectivity index (χ0v) is 10.7. The van der Waals surface area contributed by atoms with Gasteiger partial charge in [0.2, 0.25) is 0 Å². The lowest BCUT2D eigenvalue weighted by Gasteiger charge is -2.33. The number of nitrogens with one attached hydrogen (secondary N) is 1. The van der Waals surface area contributed by atoms with Crippen LogP contribution in [-0.4, -0.2) is 54.4 Å². The molecule has 0 radical (unpaired) electrons. The second-order valence-electron chi connectivity index (χ2n) is 3.44. The summed E-state index contributed by atoms with van der Waals surface area (Å²) in [6.07, 6.45) is -0.141. The number of thioether (sulfide) groups is 1. The van der Waals surface area contributed by atoms with E-state index >= 15 is 0 Å². The van der Waals surface area contributed by atoms with Crippen molar-refractivity contribution in [1.82, 2.24) is 9.03 Å².